The van der Waals surface area contributed by atoms with Gasteiger partial charge < -0.3 is 9.64 Å². The number of nitrogens with one attached hydrogen (secondary N) is 1. The molecule has 1 aliphatic heterocycles. The van der Waals surface area contributed by atoms with Crippen LogP contribution >= 0.6 is 12.2 Å². The summed E-state index contributed by atoms with van der Waals surface area (Å²) in [5.74, 6) is 1.68. The molecule has 1 aliphatic rings. The summed E-state index contributed by atoms with van der Waals surface area (Å²) in [6.45, 7) is 8.07. The number of ether oxygens (including phenoxy) is 1. The molecule has 0 radical (unpaired) electrons. The molecule has 0 unspecified atom stereocenters. The van der Waals surface area contributed by atoms with Crippen LogP contribution in [-0.4, -0.2) is 27.4 Å². The summed E-state index contributed by atoms with van der Waals surface area (Å²) in [6, 6.07) is 18.4. The van der Waals surface area contributed by atoms with E-state index < -0.39 is 0 Å². The molecule has 0 atom stereocenters. The Morgan fingerprint density at radius 2 is 1.77 bits per heavy atom. The van der Waals surface area contributed by atoms with Crippen molar-refractivity contribution in [3.8, 4) is 16.9 Å². The van der Waals surface area contributed by atoms with E-state index in [0.29, 0.717) is 13.2 Å². The van der Waals surface area contributed by atoms with Crippen LogP contribution in [0.2, 0.25) is 0 Å². The number of benzene rings is 2. The van der Waals surface area contributed by atoms with Crippen molar-refractivity contribution in [1.82, 2.24) is 14.3 Å². The number of para-hydroxylation sites is 1. The molecule has 1 fully saturated rings. The number of aromatic nitrogens is 3. The van der Waals surface area contributed by atoms with E-state index >= 15 is 0 Å². The number of quaternary nitrogens is 1. The van der Waals surface area contributed by atoms with Crippen molar-refractivity contribution in [2.45, 2.75) is 39.1 Å². The summed E-state index contributed by atoms with van der Waals surface area (Å²) < 4.78 is 11.0. The van der Waals surface area contributed by atoms with Crippen LogP contribution in [0.5, 0.6) is 5.75 Å². The summed E-state index contributed by atoms with van der Waals surface area (Å²) in [7, 11) is 0. The molecular formula is C24H29N4OS+. The zero-order valence-electron chi connectivity index (χ0n) is 17.3. The molecule has 0 aliphatic carbocycles. The first-order chi connectivity index (χ1) is 14.8. The van der Waals surface area contributed by atoms with E-state index in [2.05, 4.69) is 24.8 Å². The molecule has 0 bridgehead atoms. The molecule has 1 saturated heterocycles. The zero-order valence-corrected chi connectivity index (χ0v) is 18.1. The highest BCUT2D eigenvalue weighted by atomic mass is 32.1. The van der Waals surface area contributed by atoms with Gasteiger partial charge in [0.15, 0.2) is 12.5 Å². The van der Waals surface area contributed by atoms with E-state index in [1.807, 2.05) is 51.7 Å². The minimum absolute atomic E-state index is 0.365. The Labute approximate surface area is 183 Å². The lowest BCUT2D eigenvalue weighted by molar-refractivity contribution is -0.928. The summed E-state index contributed by atoms with van der Waals surface area (Å²) in [5.41, 5.74) is 2.21. The average molecular weight is 422 g/mol. The van der Waals surface area contributed by atoms with Crippen LogP contribution in [0.4, 0.5) is 0 Å². The maximum atomic E-state index is 6.24. The number of hydrogen-bond donors (Lipinski definition) is 1. The van der Waals surface area contributed by atoms with Gasteiger partial charge in [-0.2, -0.15) is 4.68 Å². The van der Waals surface area contributed by atoms with Gasteiger partial charge in [0.2, 0.25) is 4.77 Å². The van der Waals surface area contributed by atoms with Gasteiger partial charge in [0.05, 0.1) is 13.1 Å². The molecule has 0 saturated carbocycles. The fraction of sp³-hybridized carbons (Fsp3) is 0.333. The van der Waals surface area contributed by atoms with Gasteiger partial charge in [-0.1, -0.05) is 54.6 Å². The van der Waals surface area contributed by atoms with Gasteiger partial charge in [0.25, 0.3) is 0 Å². The molecule has 2 aromatic carbocycles. The first-order valence-electron chi connectivity index (χ1n) is 10.6. The van der Waals surface area contributed by atoms with Crippen molar-refractivity contribution < 1.29 is 9.64 Å². The minimum atomic E-state index is 0.365. The average Bonchev–Trinajstić information content (AvgIpc) is 3.08. The maximum Gasteiger partial charge on any atom is 0.203 e. The van der Waals surface area contributed by atoms with Crippen LogP contribution in [0.3, 0.4) is 0 Å². The lowest BCUT2D eigenvalue weighted by Crippen LogP contribution is -3.12. The second-order valence-corrected chi connectivity index (χ2v) is 8.08. The fourth-order valence-corrected chi connectivity index (χ4v) is 4.31. The van der Waals surface area contributed by atoms with Crippen molar-refractivity contribution in [1.29, 1.82) is 0 Å². The van der Waals surface area contributed by atoms with Gasteiger partial charge in [0.1, 0.15) is 12.4 Å². The third-order valence-corrected chi connectivity index (χ3v) is 6.00. The number of piperidine rings is 1. The van der Waals surface area contributed by atoms with Gasteiger partial charge in [-0.05, 0) is 43.1 Å². The highest BCUT2D eigenvalue weighted by Crippen LogP contribution is 2.30. The van der Waals surface area contributed by atoms with E-state index in [1.54, 1.807) is 4.90 Å². The number of allylic oxidation sites excluding steroid dienone is 1. The Morgan fingerprint density at radius 3 is 2.53 bits per heavy atom. The van der Waals surface area contributed by atoms with Crippen LogP contribution < -0.4 is 9.64 Å². The lowest BCUT2D eigenvalue weighted by atomic mass is 10.1. The molecule has 5 nitrogen and oxygen atoms in total. The Hall–Kier alpha value is -2.70. The summed E-state index contributed by atoms with van der Waals surface area (Å²) >= 11 is 5.73. The third-order valence-electron chi connectivity index (χ3n) is 5.57. The molecule has 30 heavy (non-hydrogen) atoms. The molecule has 1 N–H and O–H groups in total. The first kappa shape index (κ1) is 20.6. The minimum Gasteiger partial charge on any atom is -0.485 e. The predicted octanol–water partition coefficient (Wildman–Crippen LogP) is 3.87. The van der Waals surface area contributed by atoms with E-state index in [9.17, 15) is 0 Å². The Kier molecular flexibility index (Phi) is 6.77. The van der Waals surface area contributed by atoms with E-state index in [1.165, 1.54) is 32.4 Å². The molecule has 3 aromatic rings. The number of likely N-dealkylation sites (tertiary alicyclic amines) is 1. The molecule has 0 amide bonds. The Morgan fingerprint density at radius 1 is 1.03 bits per heavy atom. The van der Waals surface area contributed by atoms with Gasteiger partial charge in [0, 0.05) is 12.1 Å². The van der Waals surface area contributed by atoms with Crippen molar-refractivity contribution in [3.05, 3.63) is 77.8 Å². The quantitative estimate of drug-likeness (QED) is 0.443. The Bertz CT molecular complexity index is 1030. The first-order valence-corrected chi connectivity index (χ1v) is 11.1. The van der Waals surface area contributed by atoms with E-state index in [-0.39, 0.29) is 0 Å². The van der Waals surface area contributed by atoms with Crippen molar-refractivity contribution in [2.75, 3.05) is 13.1 Å². The zero-order chi connectivity index (χ0) is 20.8. The normalized spacial score (nSPS) is 14.5. The standard InChI is InChI=1S/C24H28N4OS/c1-2-15-27-23(25-28(24(27)30)19-26-16-9-4-10-17-26)18-29-22-14-8-7-13-21(22)20-11-5-3-6-12-20/h2-3,5-8,11-14H,1,4,9-10,15-19H2/p+1. The Balaban J connectivity index is 1.55. The molecule has 6 heteroatoms. The van der Waals surface area contributed by atoms with Crippen molar-refractivity contribution in [3.63, 3.8) is 0 Å². The van der Waals surface area contributed by atoms with Crippen LogP contribution in [0.25, 0.3) is 11.1 Å². The summed E-state index contributed by atoms with van der Waals surface area (Å²) in [5, 5.41) is 4.82. The molecule has 2 heterocycles. The summed E-state index contributed by atoms with van der Waals surface area (Å²) in [6.07, 6.45) is 5.75. The summed E-state index contributed by atoms with van der Waals surface area (Å²) in [4.78, 5) is 1.54. The molecular weight excluding hydrogens is 392 g/mol. The number of nitrogens with zero attached hydrogens (tertiary/aromatic N) is 3. The van der Waals surface area contributed by atoms with Gasteiger partial charge >= 0.3 is 0 Å². The lowest BCUT2D eigenvalue weighted by Gasteiger charge is -2.22. The SMILES string of the molecule is C=CCn1c(COc2ccccc2-c2ccccc2)nn(C[NH+]2CCCCC2)c1=S. The second kappa shape index (κ2) is 9.87. The monoisotopic (exact) mass is 421 g/mol. The van der Waals surface area contributed by atoms with Crippen LogP contribution in [0, 0.1) is 4.77 Å². The largest absolute Gasteiger partial charge is 0.485 e. The van der Waals surface area contributed by atoms with Crippen molar-refractivity contribution >= 4 is 12.2 Å². The molecule has 4 rings (SSSR count). The highest BCUT2D eigenvalue weighted by molar-refractivity contribution is 7.71. The number of rotatable bonds is 8. The molecule has 156 valence electrons. The van der Waals surface area contributed by atoms with Crippen molar-refractivity contribution in [2.24, 2.45) is 0 Å². The van der Waals surface area contributed by atoms with Crippen LogP contribution in [-0.2, 0) is 19.8 Å². The fourth-order valence-electron chi connectivity index (χ4n) is 4.02. The topological polar surface area (TPSA) is 36.4 Å². The van der Waals surface area contributed by atoms with Crippen LogP contribution in [0.15, 0.2) is 67.3 Å². The van der Waals surface area contributed by atoms with Gasteiger partial charge in [-0.25, -0.2) is 0 Å². The van der Waals surface area contributed by atoms with Gasteiger partial charge in [-0.3, -0.25) is 4.57 Å². The van der Waals surface area contributed by atoms with E-state index in [0.717, 1.165) is 34.1 Å². The van der Waals surface area contributed by atoms with E-state index in [4.69, 9.17) is 22.1 Å². The smallest absolute Gasteiger partial charge is 0.203 e. The molecule has 0 spiro atoms. The maximum absolute atomic E-state index is 6.24. The van der Waals surface area contributed by atoms with Crippen LogP contribution in [0.1, 0.15) is 25.1 Å². The number of hydrogen-bond acceptors (Lipinski definition) is 3. The van der Waals surface area contributed by atoms with Gasteiger partial charge in [-0.15, -0.1) is 11.7 Å². The third kappa shape index (κ3) is 4.71. The predicted molar refractivity (Wildman–Crippen MR) is 122 cm³/mol. The highest BCUT2D eigenvalue weighted by Gasteiger charge is 2.18. The molecule has 1 aromatic heterocycles. The second-order valence-electron chi connectivity index (χ2n) is 7.72.